The van der Waals surface area contributed by atoms with Gasteiger partial charge >= 0.3 is 0 Å². The van der Waals surface area contributed by atoms with Crippen LogP contribution >= 0.6 is 0 Å². The van der Waals surface area contributed by atoms with Crippen molar-refractivity contribution in [3.05, 3.63) is 22.9 Å². The maximum absolute atomic E-state index is 5.97. The van der Waals surface area contributed by atoms with Crippen LogP contribution in [0.15, 0.2) is 6.07 Å². The molecule has 2 aliphatic rings. The summed E-state index contributed by atoms with van der Waals surface area (Å²) < 4.78 is 0. The molecule has 1 aliphatic heterocycles. The molecular formula is C17H28N4. The molecule has 4 nitrogen and oxygen atoms in total. The zero-order valence-corrected chi connectivity index (χ0v) is 13.4. The van der Waals surface area contributed by atoms with Crippen molar-refractivity contribution in [2.24, 2.45) is 11.7 Å². The average molecular weight is 288 g/mol. The van der Waals surface area contributed by atoms with Crippen LogP contribution < -0.4 is 10.6 Å². The van der Waals surface area contributed by atoms with Gasteiger partial charge in [-0.1, -0.05) is 13.8 Å². The standard InChI is InChI=1S/C17H28N4/c1-13(2)12-20-6-8-21(9-7-20)17-15(11-18)10-14-4-3-5-16(14)19-17/h10,13H,3-9,11-12,18H2,1-2H3. The van der Waals surface area contributed by atoms with Gasteiger partial charge in [0.25, 0.3) is 0 Å². The summed E-state index contributed by atoms with van der Waals surface area (Å²) in [7, 11) is 0. The first kappa shape index (κ1) is 14.8. The van der Waals surface area contributed by atoms with E-state index in [1.807, 2.05) is 0 Å². The van der Waals surface area contributed by atoms with Gasteiger partial charge in [-0.05, 0) is 36.8 Å². The third kappa shape index (κ3) is 3.22. The minimum absolute atomic E-state index is 0.599. The Morgan fingerprint density at radius 2 is 1.95 bits per heavy atom. The second-order valence-electron chi connectivity index (χ2n) is 6.82. The number of rotatable bonds is 4. The minimum atomic E-state index is 0.599. The fourth-order valence-corrected chi connectivity index (χ4v) is 3.59. The molecule has 3 rings (SSSR count). The van der Waals surface area contributed by atoms with Crippen molar-refractivity contribution in [1.82, 2.24) is 9.88 Å². The van der Waals surface area contributed by atoms with Crippen molar-refractivity contribution in [3.8, 4) is 0 Å². The van der Waals surface area contributed by atoms with Crippen LogP contribution in [0.1, 0.15) is 37.1 Å². The summed E-state index contributed by atoms with van der Waals surface area (Å²) in [6, 6.07) is 2.31. The molecule has 1 aromatic heterocycles. The molecular weight excluding hydrogens is 260 g/mol. The van der Waals surface area contributed by atoms with E-state index in [0.29, 0.717) is 6.54 Å². The zero-order chi connectivity index (χ0) is 14.8. The van der Waals surface area contributed by atoms with Gasteiger partial charge in [0, 0.05) is 50.5 Å². The van der Waals surface area contributed by atoms with Crippen molar-refractivity contribution in [2.45, 2.75) is 39.7 Å². The Kier molecular flexibility index (Phi) is 4.45. The molecule has 0 aromatic carbocycles. The summed E-state index contributed by atoms with van der Waals surface area (Å²) in [5.74, 6) is 1.90. The molecule has 1 fully saturated rings. The fourth-order valence-electron chi connectivity index (χ4n) is 3.59. The number of piperazine rings is 1. The Bertz CT molecular complexity index is 490. The summed E-state index contributed by atoms with van der Waals surface area (Å²) >= 11 is 0. The quantitative estimate of drug-likeness (QED) is 0.918. The molecule has 0 amide bonds. The number of nitrogens with zero attached hydrogens (tertiary/aromatic N) is 3. The predicted molar refractivity (Wildman–Crippen MR) is 87.6 cm³/mol. The topological polar surface area (TPSA) is 45.4 Å². The molecule has 0 unspecified atom stereocenters. The first-order chi connectivity index (χ1) is 10.2. The van der Waals surface area contributed by atoms with Gasteiger partial charge in [-0.3, -0.25) is 4.90 Å². The number of aryl methyl sites for hydroxylation is 2. The van der Waals surface area contributed by atoms with Gasteiger partial charge in [-0.25, -0.2) is 4.98 Å². The third-order valence-corrected chi connectivity index (χ3v) is 4.62. The van der Waals surface area contributed by atoms with Crippen LogP contribution in [0.4, 0.5) is 5.82 Å². The second-order valence-corrected chi connectivity index (χ2v) is 6.82. The van der Waals surface area contributed by atoms with Crippen LogP contribution in [0.25, 0.3) is 0 Å². The number of hydrogen-bond acceptors (Lipinski definition) is 4. The molecule has 1 aromatic rings. The lowest BCUT2D eigenvalue weighted by molar-refractivity contribution is 0.230. The van der Waals surface area contributed by atoms with Crippen molar-refractivity contribution < 1.29 is 0 Å². The lowest BCUT2D eigenvalue weighted by Gasteiger charge is -2.37. The van der Waals surface area contributed by atoms with Gasteiger partial charge in [0.05, 0.1) is 0 Å². The molecule has 0 spiro atoms. The highest BCUT2D eigenvalue weighted by molar-refractivity contribution is 5.51. The summed E-state index contributed by atoms with van der Waals surface area (Å²) in [5, 5.41) is 0. The average Bonchev–Trinajstić information content (AvgIpc) is 2.93. The Morgan fingerprint density at radius 1 is 1.19 bits per heavy atom. The van der Waals surface area contributed by atoms with E-state index in [2.05, 4.69) is 29.7 Å². The number of hydrogen-bond donors (Lipinski definition) is 1. The van der Waals surface area contributed by atoms with Crippen LogP contribution in [0, 0.1) is 5.92 Å². The normalized spacial score (nSPS) is 19.3. The van der Waals surface area contributed by atoms with Gasteiger partial charge in [0.15, 0.2) is 0 Å². The SMILES string of the molecule is CC(C)CN1CCN(c2nc3c(cc2CN)CCC3)CC1. The smallest absolute Gasteiger partial charge is 0.133 e. The van der Waals surface area contributed by atoms with E-state index in [9.17, 15) is 0 Å². The monoisotopic (exact) mass is 288 g/mol. The van der Waals surface area contributed by atoms with E-state index >= 15 is 0 Å². The Morgan fingerprint density at radius 3 is 2.62 bits per heavy atom. The number of fused-ring (bicyclic) bond motifs is 1. The zero-order valence-electron chi connectivity index (χ0n) is 13.4. The van der Waals surface area contributed by atoms with Crippen LogP contribution in [0.2, 0.25) is 0 Å². The maximum atomic E-state index is 5.97. The second kappa shape index (κ2) is 6.32. The van der Waals surface area contributed by atoms with Crippen LogP contribution in [0.5, 0.6) is 0 Å². The number of anilines is 1. The highest BCUT2D eigenvalue weighted by atomic mass is 15.3. The summed E-state index contributed by atoms with van der Waals surface area (Å²) in [5.41, 5.74) is 9.94. The van der Waals surface area contributed by atoms with Crippen LogP contribution in [-0.2, 0) is 19.4 Å². The Labute approximate surface area is 128 Å². The van der Waals surface area contributed by atoms with Crippen LogP contribution in [-0.4, -0.2) is 42.6 Å². The van der Waals surface area contributed by atoms with Gasteiger partial charge < -0.3 is 10.6 Å². The van der Waals surface area contributed by atoms with E-state index in [1.165, 1.54) is 36.2 Å². The van der Waals surface area contributed by atoms with E-state index in [4.69, 9.17) is 10.7 Å². The summed E-state index contributed by atoms with van der Waals surface area (Å²) in [6.45, 7) is 10.8. The first-order valence-corrected chi connectivity index (χ1v) is 8.36. The first-order valence-electron chi connectivity index (χ1n) is 8.36. The largest absolute Gasteiger partial charge is 0.354 e. The predicted octanol–water partition coefficient (Wildman–Crippen LogP) is 1.81. The van der Waals surface area contributed by atoms with Crippen LogP contribution in [0.3, 0.4) is 0 Å². The summed E-state index contributed by atoms with van der Waals surface area (Å²) in [6.07, 6.45) is 3.57. The van der Waals surface area contributed by atoms with E-state index in [-0.39, 0.29) is 0 Å². The van der Waals surface area contributed by atoms with Crippen molar-refractivity contribution in [3.63, 3.8) is 0 Å². The van der Waals surface area contributed by atoms with E-state index in [0.717, 1.165) is 44.3 Å². The number of pyridine rings is 1. The maximum Gasteiger partial charge on any atom is 0.133 e. The molecule has 116 valence electrons. The number of nitrogens with two attached hydrogens (primary N) is 1. The molecule has 0 bridgehead atoms. The molecule has 0 saturated carbocycles. The Hall–Kier alpha value is -1.13. The van der Waals surface area contributed by atoms with Gasteiger partial charge in [0.1, 0.15) is 5.82 Å². The highest BCUT2D eigenvalue weighted by Crippen LogP contribution is 2.27. The molecule has 1 aliphatic carbocycles. The lowest BCUT2D eigenvalue weighted by Crippen LogP contribution is -2.48. The highest BCUT2D eigenvalue weighted by Gasteiger charge is 2.23. The molecule has 1 saturated heterocycles. The van der Waals surface area contributed by atoms with Crippen molar-refractivity contribution in [1.29, 1.82) is 0 Å². The third-order valence-electron chi connectivity index (χ3n) is 4.62. The molecule has 4 heteroatoms. The number of aromatic nitrogens is 1. The lowest BCUT2D eigenvalue weighted by atomic mass is 10.1. The van der Waals surface area contributed by atoms with E-state index in [1.54, 1.807) is 0 Å². The molecule has 2 N–H and O–H groups in total. The molecule has 21 heavy (non-hydrogen) atoms. The minimum Gasteiger partial charge on any atom is -0.354 e. The molecule has 0 radical (unpaired) electrons. The Balaban J connectivity index is 1.73. The van der Waals surface area contributed by atoms with Gasteiger partial charge in [-0.2, -0.15) is 0 Å². The summed E-state index contributed by atoms with van der Waals surface area (Å²) in [4.78, 5) is 9.97. The molecule has 0 atom stereocenters. The van der Waals surface area contributed by atoms with Gasteiger partial charge in [0.2, 0.25) is 0 Å². The van der Waals surface area contributed by atoms with Crippen molar-refractivity contribution in [2.75, 3.05) is 37.6 Å². The van der Waals surface area contributed by atoms with Crippen molar-refractivity contribution >= 4 is 5.82 Å². The molecule has 2 heterocycles. The van der Waals surface area contributed by atoms with E-state index < -0.39 is 0 Å². The van der Waals surface area contributed by atoms with Gasteiger partial charge in [-0.15, -0.1) is 0 Å². The fraction of sp³-hybridized carbons (Fsp3) is 0.706.